The number of hydrogen-bond acceptors (Lipinski definition) is 4. The first-order valence-corrected chi connectivity index (χ1v) is 8.20. The molecule has 0 spiro atoms. The number of nitrogens with zero attached hydrogens (tertiary/aromatic N) is 3. The van der Waals surface area contributed by atoms with E-state index >= 15 is 0 Å². The van der Waals surface area contributed by atoms with Gasteiger partial charge in [-0.05, 0) is 31.2 Å². The Bertz CT molecular complexity index is 802. The fourth-order valence-electron chi connectivity index (χ4n) is 2.29. The molecule has 1 atom stereocenters. The number of imidazole rings is 1. The van der Waals surface area contributed by atoms with Crippen molar-refractivity contribution in [1.82, 2.24) is 14.5 Å². The van der Waals surface area contributed by atoms with Crippen LogP contribution in [-0.4, -0.2) is 24.9 Å². The van der Waals surface area contributed by atoms with Gasteiger partial charge in [0.25, 0.3) is 0 Å². The van der Waals surface area contributed by atoms with Gasteiger partial charge in [-0.3, -0.25) is 14.3 Å². The molecule has 5 nitrogen and oxygen atoms in total. The summed E-state index contributed by atoms with van der Waals surface area (Å²) in [4.78, 5) is 20.2. The van der Waals surface area contributed by atoms with Crippen LogP contribution in [0.4, 0.5) is 0 Å². The molecule has 22 heavy (non-hydrogen) atoms. The van der Waals surface area contributed by atoms with Crippen molar-refractivity contribution in [3.05, 3.63) is 54.4 Å². The average Bonchev–Trinajstić information content (AvgIpc) is 2.87. The molecule has 0 saturated heterocycles. The van der Waals surface area contributed by atoms with Gasteiger partial charge in [0.15, 0.2) is 5.75 Å². The molecule has 0 radical (unpaired) electrons. The van der Waals surface area contributed by atoms with E-state index in [2.05, 4.69) is 9.97 Å². The van der Waals surface area contributed by atoms with Crippen LogP contribution in [0.3, 0.4) is 0 Å². The zero-order chi connectivity index (χ0) is 15.5. The third kappa shape index (κ3) is 3.03. The van der Waals surface area contributed by atoms with Crippen molar-refractivity contribution in [2.24, 2.45) is 0 Å². The van der Waals surface area contributed by atoms with E-state index in [0.717, 1.165) is 16.7 Å². The minimum absolute atomic E-state index is 0.000704. The molecule has 3 aromatic rings. The lowest BCUT2D eigenvalue weighted by Crippen LogP contribution is -2.16. The fourth-order valence-corrected chi connectivity index (χ4v) is 3.46. The summed E-state index contributed by atoms with van der Waals surface area (Å²) in [5, 5.41) is 0.419. The van der Waals surface area contributed by atoms with E-state index in [4.69, 9.17) is 0 Å². The van der Waals surface area contributed by atoms with Gasteiger partial charge in [0.05, 0.1) is 23.3 Å². The summed E-state index contributed by atoms with van der Waals surface area (Å²) in [7, 11) is 0. The Morgan fingerprint density at radius 3 is 2.73 bits per heavy atom. The van der Waals surface area contributed by atoms with Crippen molar-refractivity contribution in [3.63, 3.8) is 0 Å². The van der Waals surface area contributed by atoms with Crippen LogP contribution in [0.5, 0.6) is 0 Å². The molecule has 0 bridgehead atoms. The summed E-state index contributed by atoms with van der Waals surface area (Å²) < 4.78 is 14.4. The number of ketones is 1. The number of pyridine rings is 1. The number of hydrogen-bond donors (Lipinski definition) is 0. The summed E-state index contributed by atoms with van der Waals surface area (Å²) >= 11 is -1.36. The smallest absolute Gasteiger partial charge is 0.325 e. The maximum absolute atomic E-state index is 12.7. The van der Waals surface area contributed by atoms with Crippen LogP contribution in [0.1, 0.15) is 12.6 Å². The SMILES string of the molecule is CC(=O)Cn1c([S+]([O-])Cc2ccccn2)nc2ccccc21. The molecule has 0 amide bonds. The summed E-state index contributed by atoms with van der Waals surface area (Å²) in [6, 6.07) is 13.0. The van der Waals surface area contributed by atoms with Crippen LogP contribution in [0, 0.1) is 0 Å². The van der Waals surface area contributed by atoms with Crippen LogP contribution in [-0.2, 0) is 28.3 Å². The second kappa shape index (κ2) is 6.29. The second-order valence-corrected chi connectivity index (χ2v) is 6.33. The fraction of sp³-hybridized carbons (Fsp3) is 0.188. The van der Waals surface area contributed by atoms with Crippen molar-refractivity contribution >= 4 is 28.0 Å². The van der Waals surface area contributed by atoms with E-state index in [-0.39, 0.29) is 18.1 Å². The van der Waals surface area contributed by atoms with E-state index in [1.807, 2.05) is 42.5 Å². The number of carbonyl (C=O) groups is 1. The molecular weight excluding hydrogens is 298 g/mol. The van der Waals surface area contributed by atoms with Crippen molar-refractivity contribution in [2.75, 3.05) is 0 Å². The lowest BCUT2D eigenvalue weighted by molar-refractivity contribution is -0.117. The normalized spacial score (nSPS) is 12.5. The van der Waals surface area contributed by atoms with Crippen molar-refractivity contribution in [1.29, 1.82) is 0 Å². The molecule has 112 valence electrons. The molecule has 0 aliphatic heterocycles. The Morgan fingerprint density at radius 2 is 2.00 bits per heavy atom. The maximum Gasteiger partial charge on any atom is 0.325 e. The third-order valence-corrected chi connectivity index (χ3v) is 4.49. The van der Waals surface area contributed by atoms with Crippen LogP contribution in [0.2, 0.25) is 0 Å². The highest BCUT2D eigenvalue weighted by Crippen LogP contribution is 2.22. The predicted octanol–water partition coefficient (Wildman–Crippen LogP) is 2.33. The highest BCUT2D eigenvalue weighted by atomic mass is 32.2. The van der Waals surface area contributed by atoms with Crippen LogP contribution < -0.4 is 0 Å². The topological polar surface area (TPSA) is 70.8 Å². The molecule has 0 N–H and O–H groups in total. The molecule has 0 aliphatic carbocycles. The van der Waals surface area contributed by atoms with Crippen molar-refractivity contribution < 1.29 is 9.35 Å². The van der Waals surface area contributed by atoms with E-state index < -0.39 is 11.2 Å². The number of carbonyl (C=O) groups excluding carboxylic acids is 1. The molecule has 0 saturated carbocycles. The van der Waals surface area contributed by atoms with E-state index in [9.17, 15) is 9.35 Å². The minimum atomic E-state index is -1.36. The Kier molecular flexibility index (Phi) is 4.22. The average molecular weight is 313 g/mol. The highest BCUT2D eigenvalue weighted by Gasteiger charge is 2.23. The molecule has 1 aromatic carbocycles. The molecule has 1 unspecified atom stereocenters. The molecular formula is C16H15N3O2S. The van der Waals surface area contributed by atoms with Gasteiger partial charge in [0.2, 0.25) is 0 Å². The molecule has 0 fully saturated rings. The number of para-hydroxylation sites is 2. The number of Topliss-reactive ketones (excluding diaryl/α,β-unsaturated/α-hetero) is 1. The standard InChI is InChI=1S/C16H15N3O2S/c1-12(20)10-19-15-8-3-2-7-14(15)18-16(19)22(21)11-13-6-4-5-9-17-13/h2-9H,10-11H2,1H3. The molecule has 3 rings (SSSR count). The Balaban J connectivity index is 1.99. The monoisotopic (exact) mass is 313 g/mol. The summed E-state index contributed by atoms with van der Waals surface area (Å²) in [6.45, 7) is 1.68. The van der Waals surface area contributed by atoms with E-state index in [0.29, 0.717) is 5.16 Å². The van der Waals surface area contributed by atoms with Gasteiger partial charge in [0.1, 0.15) is 5.78 Å². The highest BCUT2D eigenvalue weighted by molar-refractivity contribution is 7.90. The van der Waals surface area contributed by atoms with Gasteiger partial charge in [-0.25, -0.2) is 0 Å². The first-order valence-electron chi connectivity index (χ1n) is 6.88. The van der Waals surface area contributed by atoms with Crippen LogP contribution >= 0.6 is 0 Å². The summed E-state index contributed by atoms with van der Waals surface area (Å²) in [5.74, 6) is 0.279. The molecule has 2 heterocycles. The van der Waals surface area contributed by atoms with Gasteiger partial charge in [0, 0.05) is 17.4 Å². The van der Waals surface area contributed by atoms with Crippen LogP contribution in [0.25, 0.3) is 11.0 Å². The van der Waals surface area contributed by atoms with E-state index in [1.165, 1.54) is 6.92 Å². The largest absolute Gasteiger partial charge is 0.609 e. The van der Waals surface area contributed by atoms with E-state index in [1.54, 1.807) is 10.8 Å². The maximum atomic E-state index is 12.7. The van der Waals surface area contributed by atoms with Gasteiger partial charge in [-0.1, -0.05) is 18.2 Å². The first-order chi connectivity index (χ1) is 10.6. The van der Waals surface area contributed by atoms with Gasteiger partial charge in [-0.2, -0.15) is 4.98 Å². The lowest BCUT2D eigenvalue weighted by atomic mass is 10.3. The zero-order valence-electron chi connectivity index (χ0n) is 12.1. The van der Waals surface area contributed by atoms with Crippen molar-refractivity contribution in [3.8, 4) is 0 Å². The predicted molar refractivity (Wildman–Crippen MR) is 84.8 cm³/mol. The number of aromatic nitrogens is 3. The van der Waals surface area contributed by atoms with Crippen LogP contribution in [0.15, 0.2) is 53.8 Å². The number of rotatable bonds is 5. The molecule has 2 aromatic heterocycles. The van der Waals surface area contributed by atoms with Gasteiger partial charge >= 0.3 is 5.16 Å². The quantitative estimate of drug-likeness (QED) is 0.678. The summed E-state index contributed by atoms with van der Waals surface area (Å²) in [6.07, 6.45) is 1.67. The minimum Gasteiger partial charge on any atom is -0.609 e. The van der Waals surface area contributed by atoms with Gasteiger partial charge < -0.3 is 4.55 Å². The zero-order valence-corrected chi connectivity index (χ0v) is 12.9. The third-order valence-electron chi connectivity index (χ3n) is 3.21. The Labute approximate surface area is 131 Å². The Hall–Kier alpha value is -2.18. The molecule has 0 aliphatic rings. The number of benzene rings is 1. The lowest BCUT2D eigenvalue weighted by Gasteiger charge is -2.11. The first kappa shape index (κ1) is 14.7. The summed E-state index contributed by atoms with van der Waals surface area (Å²) in [5.41, 5.74) is 2.30. The number of fused-ring (bicyclic) bond motifs is 1. The second-order valence-electron chi connectivity index (χ2n) is 4.98. The Morgan fingerprint density at radius 1 is 1.23 bits per heavy atom. The van der Waals surface area contributed by atoms with Crippen molar-refractivity contribution in [2.45, 2.75) is 24.4 Å². The molecule has 6 heteroatoms. The van der Waals surface area contributed by atoms with Gasteiger partial charge in [-0.15, -0.1) is 0 Å².